The van der Waals surface area contributed by atoms with E-state index < -0.39 is 0 Å². The Labute approximate surface area is 169 Å². The first-order valence-electron chi connectivity index (χ1n) is 9.99. The molecule has 1 unspecified atom stereocenters. The number of pyridine rings is 1. The van der Waals surface area contributed by atoms with E-state index in [1.54, 1.807) is 6.33 Å². The van der Waals surface area contributed by atoms with Gasteiger partial charge in [-0.05, 0) is 43.7 Å². The molecule has 3 aromatic heterocycles. The molecule has 1 aromatic carbocycles. The van der Waals surface area contributed by atoms with Crippen molar-refractivity contribution in [2.75, 3.05) is 13.1 Å². The Kier molecular flexibility index (Phi) is 4.88. The van der Waals surface area contributed by atoms with Crippen molar-refractivity contribution in [2.45, 2.75) is 25.3 Å². The number of hydrogen-bond acceptors (Lipinski definition) is 5. The van der Waals surface area contributed by atoms with E-state index in [9.17, 15) is 0 Å². The van der Waals surface area contributed by atoms with Gasteiger partial charge in [0, 0.05) is 48.7 Å². The fraction of sp³-hybridized carbons (Fsp3) is 0.273. The minimum Gasteiger partial charge on any atom is -0.298 e. The summed E-state index contributed by atoms with van der Waals surface area (Å²) in [6.45, 7) is 2.91. The van der Waals surface area contributed by atoms with Crippen LogP contribution in [0.1, 0.15) is 30.1 Å². The second-order valence-corrected chi connectivity index (χ2v) is 7.46. The van der Waals surface area contributed by atoms with Crippen molar-refractivity contribution in [1.29, 1.82) is 0 Å². The zero-order valence-electron chi connectivity index (χ0n) is 16.1. The normalized spacial score (nSPS) is 17.4. The molecule has 0 bridgehead atoms. The molecule has 1 saturated heterocycles. The zero-order chi connectivity index (χ0) is 19.5. The number of para-hydroxylation sites is 1. The monoisotopic (exact) mass is 385 g/mol. The highest BCUT2D eigenvalue weighted by Gasteiger charge is 2.25. The van der Waals surface area contributed by atoms with Crippen molar-refractivity contribution >= 4 is 0 Å². The highest BCUT2D eigenvalue weighted by atomic mass is 15.3. The van der Waals surface area contributed by atoms with E-state index in [1.165, 1.54) is 5.56 Å². The largest absolute Gasteiger partial charge is 0.298 e. The fourth-order valence-corrected chi connectivity index (χ4v) is 4.07. The van der Waals surface area contributed by atoms with Gasteiger partial charge >= 0.3 is 0 Å². The van der Waals surface area contributed by atoms with Crippen molar-refractivity contribution in [1.82, 2.24) is 34.8 Å². The number of aromatic amines is 1. The molecular weight excluding hydrogens is 362 g/mol. The Morgan fingerprint density at radius 2 is 1.93 bits per heavy atom. The Hall–Kier alpha value is -3.32. The SMILES string of the molecule is c1ccc(-n2cc(CN3CCCC(c4ncn[nH]4)C3)c(-c3ccncc3)n2)cc1. The van der Waals surface area contributed by atoms with Crippen LogP contribution in [0.15, 0.2) is 67.4 Å². The lowest BCUT2D eigenvalue weighted by Crippen LogP contribution is -2.34. The van der Waals surface area contributed by atoms with E-state index in [4.69, 9.17) is 5.10 Å². The predicted octanol–water partition coefficient (Wildman–Crippen LogP) is 3.43. The molecule has 0 spiro atoms. The quantitative estimate of drug-likeness (QED) is 0.570. The smallest absolute Gasteiger partial charge is 0.137 e. The second kappa shape index (κ2) is 7.97. The summed E-state index contributed by atoms with van der Waals surface area (Å²) in [6, 6.07) is 14.3. The number of benzene rings is 1. The van der Waals surface area contributed by atoms with Crippen molar-refractivity contribution in [3.63, 3.8) is 0 Å². The summed E-state index contributed by atoms with van der Waals surface area (Å²) in [5.41, 5.74) is 4.39. The molecule has 5 rings (SSSR count). The summed E-state index contributed by atoms with van der Waals surface area (Å²) < 4.78 is 1.98. The van der Waals surface area contributed by atoms with Crippen LogP contribution >= 0.6 is 0 Å². The number of piperidine rings is 1. The van der Waals surface area contributed by atoms with Gasteiger partial charge in [0.15, 0.2) is 0 Å². The van der Waals surface area contributed by atoms with Crippen LogP contribution in [-0.4, -0.2) is 47.9 Å². The molecule has 0 amide bonds. The maximum Gasteiger partial charge on any atom is 0.137 e. The molecule has 0 saturated carbocycles. The van der Waals surface area contributed by atoms with Crippen LogP contribution in [0.2, 0.25) is 0 Å². The average Bonchev–Trinajstić information content (AvgIpc) is 3.46. The number of nitrogens with one attached hydrogen (secondary N) is 1. The summed E-state index contributed by atoms with van der Waals surface area (Å²) in [5, 5.41) is 12.0. The number of nitrogens with zero attached hydrogens (tertiary/aromatic N) is 6. The van der Waals surface area contributed by atoms with Gasteiger partial charge in [0.25, 0.3) is 0 Å². The third-order valence-corrected chi connectivity index (χ3v) is 5.48. The highest BCUT2D eigenvalue weighted by molar-refractivity contribution is 5.62. The van der Waals surface area contributed by atoms with Gasteiger partial charge in [-0.25, -0.2) is 9.67 Å². The Morgan fingerprint density at radius 3 is 2.72 bits per heavy atom. The van der Waals surface area contributed by atoms with E-state index >= 15 is 0 Å². The van der Waals surface area contributed by atoms with Gasteiger partial charge in [-0.15, -0.1) is 0 Å². The molecule has 29 heavy (non-hydrogen) atoms. The van der Waals surface area contributed by atoms with Crippen LogP contribution in [0, 0.1) is 0 Å². The van der Waals surface area contributed by atoms with E-state index in [0.29, 0.717) is 5.92 Å². The van der Waals surface area contributed by atoms with Crippen LogP contribution in [0.25, 0.3) is 16.9 Å². The van der Waals surface area contributed by atoms with Crippen LogP contribution < -0.4 is 0 Å². The van der Waals surface area contributed by atoms with Gasteiger partial charge in [-0.2, -0.15) is 10.2 Å². The van der Waals surface area contributed by atoms with Crippen molar-refractivity contribution in [3.8, 4) is 16.9 Å². The fourth-order valence-electron chi connectivity index (χ4n) is 4.07. The Morgan fingerprint density at radius 1 is 1.07 bits per heavy atom. The minimum absolute atomic E-state index is 0.403. The molecule has 4 heterocycles. The van der Waals surface area contributed by atoms with E-state index in [1.807, 2.05) is 47.4 Å². The molecule has 7 heteroatoms. The van der Waals surface area contributed by atoms with Gasteiger partial charge < -0.3 is 0 Å². The van der Waals surface area contributed by atoms with E-state index in [0.717, 1.165) is 55.2 Å². The molecule has 1 aliphatic rings. The third-order valence-electron chi connectivity index (χ3n) is 5.48. The molecule has 146 valence electrons. The number of hydrogen-bond donors (Lipinski definition) is 1. The number of H-pyrrole nitrogens is 1. The number of likely N-dealkylation sites (tertiary alicyclic amines) is 1. The lowest BCUT2D eigenvalue weighted by Gasteiger charge is -2.31. The zero-order valence-corrected chi connectivity index (χ0v) is 16.1. The van der Waals surface area contributed by atoms with Crippen molar-refractivity contribution < 1.29 is 0 Å². The molecule has 1 fully saturated rings. The first-order chi connectivity index (χ1) is 14.4. The highest BCUT2D eigenvalue weighted by Crippen LogP contribution is 2.28. The first kappa shape index (κ1) is 17.8. The van der Waals surface area contributed by atoms with Gasteiger partial charge in [-0.3, -0.25) is 15.0 Å². The van der Waals surface area contributed by atoms with Crippen LogP contribution in [0.5, 0.6) is 0 Å². The molecular formula is C22H23N7. The molecule has 0 radical (unpaired) electrons. The van der Waals surface area contributed by atoms with Gasteiger partial charge in [0.2, 0.25) is 0 Å². The summed E-state index contributed by atoms with van der Waals surface area (Å²) in [5.74, 6) is 1.39. The van der Waals surface area contributed by atoms with Crippen LogP contribution in [0.4, 0.5) is 0 Å². The first-order valence-corrected chi connectivity index (χ1v) is 9.99. The Balaban J connectivity index is 1.44. The molecule has 7 nitrogen and oxygen atoms in total. The van der Waals surface area contributed by atoms with Crippen molar-refractivity contribution in [2.24, 2.45) is 0 Å². The molecule has 1 aliphatic heterocycles. The summed E-state index contributed by atoms with van der Waals surface area (Å²) in [7, 11) is 0. The van der Waals surface area contributed by atoms with Crippen LogP contribution in [0.3, 0.4) is 0 Å². The second-order valence-electron chi connectivity index (χ2n) is 7.46. The summed E-state index contributed by atoms with van der Waals surface area (Å²) in [4.78, 5) is 11.0. The maximum absolute atomic E-state index is 4.92. The standard InChI is InChI=1S/C22H23N7/c1-2-6-20(7-3-1)29-15-19(21(27-29)17-8-10-23-11-9-17)14-28-12-4-5-18(13-28)22-24-16-25-26-22/h1-3,6-11,15-16,18H,4-5,12-14H2,(H,24,25,26). The average molecular weight is 385 g/mol. The lowest BCUT2D eigenvalue weighted by atomic mass is 9.97. The van der Waals surface area contributed by atoms with Gasteiger partial charge in [-0.1, -0.05) is 18.2 Å². The van der Waals surface area contributed by atoms with Gasteiger partial charge in [0.1, 0.15) is 12.2 Å². The minimum atomic E-state index is 0.403. The summed E-state index contributed by atoms with van der Waals surface area (Å²) in [6.07, 6.45) is 9.70. The lowest BCUT2D eigenvalue weighted by molar-refractivity contribution is 0.197. The number of rotatable bonds is 5. The van der Waals surface area contributed by atoms with Crippen LogP contribution in [-0.2, 0) is 6.54 Å². The van der Waals surface area contributed by atoms with Gasteiger partial charge in [0.05, 0.1) is 11.4 Å². The number of aromatic nitrogens is 6. The van der Waals surface area contributed by atoms with E-state index in [-0.39, 0.29) is 0 Å². The molecule has 1 atom stereocenters. The third kappa shape index (κ3) is 3.82. The Bertz CT molecular complexity index is 1040. The predicted molar refractivity (Wildman–Crippen MR) is 110 cm³/mol. The molecule has 4 aromatic rings. The maximum atomic E-state index is 4.92. The molecule has 1 N–H and O–H groups in total. The van der Waals surface area contributed by atoms with E-state index in [2.05, 4.69) is 43.4 Å². The van der Waals surface area contributed by atoms with Crippen molar-refractivity contribution in [3.05, 3.63) is 78.8 Å². The summed E-state index contributed by atoms with van der Waals surface area (Å²) >= 11 is 0. The molecule has 0 aliphatic carbocycles. The topological polar surface area (TPSA) is 75.5 Å².